The minimum Gasteiger partial charge on any atom is -0.296 e. The topological polar surface area (TPSA) is 48.0 Å². The zero-order chi connectivity index (χ0) is 9.97. The monoisotopic (exact) mass is 260 g/mol. The second kappa shape index (κ2) is 4.29. The molecule has 14 heavy (non-hydrogen) atoms. The number of nitrogens with zero attached hydrogens (tertiary/aromatic N) is 2. The van der Waals surface area contributed by atoms with Crippen molar-refractivity contribution in [1.82, 2.24) is 9.72 Å². The van der Waals surface area contributed by atoms with Crippen LogP contribution in [0.15, 0.2) is 9.32 Å². The van der Waals surface area contributed by atoms with Gasteiger partial charge in [-0.15, -0.1) is 0 Å². The van der Waals surface area contributed by atoms with E-state index in [2.05, 4.69) is 21.1 Å². The summed E-state index contributed by atoms with van der Waals surface area (Å²) in [6.07, 6.45) is 4.34. The normalized spacial score (nSPS) is 21.6. The zero-order valence-electron chi connectivity index (χ0n) is 7.91. The summed E-state index contributed by atoms with van der Waals surface area (Å²) >= 11 is 3.42. The van der Waals surface area contributed by atoms with Crippen LogP contribution in [0.4, 0.5) is 0 Å². The zero-order valence-corrected chi connectivity index (χ0v) is 9.49. The Balaban J connectivity index is 2.33. The van der Waals surface area contributed by atoms with E-state index in [-0.39, 0.29) is 5.76 Å². The smallest absolute Gasteiger partial charge is 0.296 e. The molecular weight excluding hydrogens is 248 g/mol. The largest absolute Gasteiger partial charge is 0.441 e. The molecule has 1 aliphatic rings. The molecule has 0 spiro atoms. The van der Waals surface area contributed by atoms with E-state index >= 15 is 0 Å². The molecule has 0 saturated carbocycles. The lowest BCUT2D eigenvalue weighted by molar-refractivity contribution is 0.364. The predicted molar refractivity (Wildman–Crippen MR) is 55.8 cm³/mol. The Morgan fingerprint density at radius 1 is 1.57 bits per heavy atom. The van der Waals surface area contributed by atoms with Crippen molar-refractivity contribution in [3.63, 3.8) is 0 Å². The van der Waals surface area contributed by atoms with Crippen LogP contribution >= 0.6 is 15.9 Å². The van der Waals surface area contributed by atoms with Gasteiger partial charge in [-0.05, 0) is 19.3 Å². The maximum Gasteiger partial charge on any atom is 0.441 e. The third kappa shape index (κ3) is 1.78. The van der Waals surface area contributed by atoms with Crippen LogP contribution in [0.25, 0.3) is 0 Å². The van der Waals surface area contributed by atoms with E-state index in [1.807, 2.05) is 0 Å². The van der Waals surface area contributed by atoms with E-state index in [1.165, 1.54) is 6.42 Å². The first kappa shape index (κ1) is 9.96. The summed E-state index contributed by atoms with van der Waals surface area (Å²) in [6, 6.07) is 0. The first-order valence-electron chi connectivity index (χ1n) is 4.95. The molecule has 1 unspecified atom stereocenters. The van der Waals surface area contributed by atoms with Crippen molar-refractivity contribution in [2.24, 2.45) is 0 Å². The quantitative estimate of drug-likeness (QED) is 0.764. The molecule has 0 aliphatic carbocycles. The molecule has 1 aromatic rings. The highest BCUT2D eigenvalue weighted by molar-refractivity contribution is 9.09. The van der Waals surface area contributed by atoms with Crippen molar-refractivity contribution in [2.45, 2.75) is 38.1 Å². The lowest BCUT2D eigenvalue weighted by Gasteiger charge is -2.09. The molecule has 0 radical (unpaired) electrons. The Morgan fingerprint density at radius 3 is 3.21 bits per heavy atom. The fourth-order valence-corrected chi connectivity index (χ4v) is 2.53. The Hall–Kier alpha value is -0.580. The van der Waals surface area contributed by atoms with Gasteiger partial charge in [-0.1, -0.05) is 27.5 Å². The van der Waals surface area contributed by atoms with Crippen LogP contribution in [0.2, 0.25) is 0 Å². The SMILES string of the molecule is O=c1onc2n1CCCCC2CCBr. The highest BCUT2D eigenvalue weighted by Gasteiger charge is 2.22. The summed E-state index contributed by atoms with van der Waals surface area (Å²) in [4.78, 5) is 11.3. The van der Waals surface area contributed by atoms with Crippen molar-refractivity contribution >= 4 is 15.9 Å². The van der Waals surface area contributed by atoms with Crippen LogP contribution in [0.5, 0.6) is 0 Å². The first-order valence-corrected chi connectivity index (χ1v) is 6.07. The summed E-state index contributed by atoms with van der Waals surface area (Å²) < 4.78 is 6.37. The fourth-order valence-electron chi connectivity index (χ4n) is 1.97. The Bertz CT molecular complexity index is 358. The van der Waals surface area contributed by atoms with Gasteiger partial charge in [0, 0.05) is 17.8 Å². The van der Waals surface area contributed by atoms with Gasteiger partial charge in [-0.25, -0.2) is 4.79 Å². The number of hydrogen-bond acceptors (Lipinski definition) is 3. The first-order chi connectivity index (χ1) is 6.83. The standard InChI is InChI=1S/C9H13BrN2O2/c10-5-4-7-3-1-2-6-12-8(7)11-14-9(12)13/h7H,1-6H2. The maximum absolute atomic E-state index is 11.3. The molecule has 5 heteroatoms. The predicted octanol–water partition coefficient (Wildman–Crippen LogP) is 1.89. The van der Waals surface area contributed by atoms with E-state index in [4.69, 9.17) is 4.52 Å². The van der Waals surface area contributed by atoms with Crippen molar-refractivity contribution in [3.05, 3.63) is 16.4 Å². The van der Waals surface area contributed by atoms with Crippen LogP contribution in [0.1, 0.15) is 37.4 Å². The average molecular weight is 261 g/mol. The van der Waals surface area contributed by atoms with Crippen molar-refractivity contribution in [3.8, 4) is 0 Å². The van der Waals surface area contributed by atoms with Gasteiger partial charge in [0.2, 0.25) is 0 Å². The summed E-state index contributed by atoms with van der Waals surface area (Å²) in [5.41, 5.74) is 0. The Morgan fingerprint density at radius 2 is 2.43 bits per heavy atom. The number of halogens is 1. The van der Waals surface area contributed by atoms with E-state index < -0.39 is 0 Å². The van der Waals surface area contributed by atoms with Gasteiger partial charge in [0.1, 0.15) is 0 Å². The second-order valence-corrected chi connectivity index (χ2v) is 4.42. The van der Waals surface area contributed by atoms with Crippen molar-refractivity contribution in [2.75, 3.05) is 5.33 Å². The Labute approximate surface area is 90.4 Å². The molecule has 78 valence electrons. The Kier molecular flexibility index (Phi) is 3.05. The molecule has 4 nitrogen and oxygen atoms in total. The van der Waals surface area contributed by atoms with Gasteiger partial charge in [0.25, 0.3) is 0 Å². The molecule has 1 aliphatic heterocycles. The second-order valence-electron chi connectivity index (χ2n) is 3.63. The van der Waals surface area contributed by atoms with E-state index in [0.717, 1.165) is 37.0 Å². The number of alkyl halides is 1. The van der Waals surface area contributed by atoms with Crippen LogP contribution < -0.4 is 5.76 Å². The summed E-state index contributed by atoms with van der Waals surface area (Å²) in [7, 11) is 0. The summed E-state index contributed by atoms with van der Waals surface area (Å²) in [5.74, 6) is 0.914. The van der Waals surface area contributed by atoms with Gasteiger partial charge >= 0.3 is 5.76 Å². The van der Waals surface area contributed by atoms with Gasteiger partial charge in [0.05, 0.1) is 0 Å². The third-order valence-corrected chi connectivity index (χ3v) is 3.18. The molecule has 0 N–H and O–H groups in total. The molecule has 0 amide bonds. The molecule has 2 heterocycles. The van der Waals surface area contributed by atoms with E-state index in [0.29, 0.717) is 5.92 Å². The minimum atomic E-state index is -0.304. The fraction of sp³-hybridized carbons (Fsp3) is 0.778. The molecule has 2 rings (SSSR count). The summed E-state index contributed by atoms with van der Waals surface area (Å²) in [5, 5.41) is 4.81. The van der Waals surface area contributed by atoms with Crippen molar-refractivity contribution < 1.29 is 4.52 Å². The minimum absolute atomic E-state index is 0.304. The van der Waals surface area contributed by atoms with E-state index in [1.54, 1.807) is 4.57 Å². The maximum atomic E-state index is 11.3. The van der Waals surface area contributed by atoms with Gasteiger partial charge in [-0.2, -0.15) is 0 Å². The molecule has 0 aromatic carbocycles. The number of fused-ring (bicyclic) bond motifs is 1. The molecule has 0 saturated heterocycles. The highest BCUT2D eigenvalue weighted by Crippen LogP contribution is 2.27. The van der Waals surface area contributed by atoms with Crippen LogP contribution in [0.3, 0.4) is 0 Å². The van der Waals surface area contributed by atoms with Crippen LogP contribution in [-0.4, -0.2) is 15.1 Å². The van der Waals surface area contributed by atoms with Crippen molar-refractivity contribution in [1.29, 1.82) is 0 Å². The lowest BCUT2D eigenvalue weighted by atomic mass is 10.00. The third-order valence-electron chi connectivity index (χ3n) is 2.72. The van der Waals surface area contributed by atoms with Gasteiger partial charge in [-0.3, -0.25) is 9.09 Å². The molecule has 1 atom stereocenters. The number of rotatable bonds is 2. The van der Waals surface area contributed by atoms with E-state index in [9.17, 15) is 4.79 Å². The molecule has 0 fully saturated rings. The van der Waals surface area contributed by atoms with Crippen LogP contribution in [0, 0.1) is 0 Å². The molecular formula is C9H13BrN2O2. The lowest BCUT2D eigenvalue weighted by Crippen LogP contribution is -2.17. The van der Waals surface area contributed by atoms with Crippen LogP contribution in [-0.2, 0) is 6.54 Å². The van der Waals surface area contributed by atoms with Gasteiger partial charge in [0.15, 0.2) is 5.82 Å². The van der Waals surface area contributed by atoms with Gasteiger partial charge < -0.3 is 0 Å². The molecule has 1 aromatic heterocycles. The number of hydrogen-bond donors (Lipinski definition) is 0. The number of aromatic nitrogens is 2. The highest BCUT2D eigenvalue weighted by atomic mass is 79.9. The molecule has 0 bridgehead atoms. The summed E-state index contributed by atoms with van der Waals surface area (Å²) in [6.45, 7) is 0.760. The average Bonchev–Trinajstić information content (AvgIpc) is 2.43.